The second kappa shape index (κ2) is 5.92. The number of aromatic nitrogens is 3. The molecule has 0 bridgehead atoms. The fraction of sp³-hybridized carbons (Fsp3) is 0.357. The van der Waals surface area contributed by atoms with Gasteiger partial charge in [-0.15, -0.1) is 0 Å². The van der Waals surface area contributed by atoms with Gasteiger partial charge in [-0.2, -0.15) is 15.0 Å². The first-order valence-corrected chi connectivity index (χ1v) is 6.80. The fourth-order valence-electron chi connectivity index (χ4n) is 2.08. The largest absolute Gasteiger partial charge is 0.424 e. The molecule has 110 valence electrons. The van der Waals surface area contributed by atoms with Crippen LogP contribution in [0, 0.1) is 6.92 Å². The molecule has 7 nitrogen and oxygen atoms in total. The summed E-state index contributed by atoms with van der Waals surface area (Å²) in [6, 6.07) is 7.88. The van der Waals surface area contributed by atoms with Crippen LogP contribution in [0.1, 0.15) is 5.56 Å². The van der Waals surface area contributed by atoms with Crippen LogP contribution in [0.25, 0.3) is 0 Å². The Kier molecular flexibility index (Phi) is 3.83. The molecule has 1 aromatic heterocycles. The summed E-state index contributed by atoms with van der Waals surface area (Å²) in [5.41, 5.74) is 6.76. The highest BCUT2D eigenvalue weighted by atomic mass is 16.5. The molecule has 0 atom stereocenters. The molecule has 0 radical (unpaired) electrons. The Hall–Kier alpha value is -2.41. The van der Waals surface area contributed by atoms with Crippen molar-refractivity contribution < 1.29 is 9.47 Å². The normalized spacial score (nSPS) is 15.0. The molecule has 0 unspecified atom stereocenters. The van der Waals surface area contributed by atoms with Crippen molar-refractivity contribution in [1.82, 2.24) is 15.0 Å². The molecule has 1 aromatic carbocycles. The maximum atomic E-state index is 5.76. The van der Waals surface area contributed by atoms with E-state index >= 15 is 0 Å². The van der Waals surface area contributed by atoms with Gasteiger partial charge in [0.25, 0.3) is 0 Å². The quantitative estimate of drug-likeness (QED) is 0.912. The van der Waals surface area contributed by atoms with Crippen LogP contribution in [-0.4, -0.2) is 41.3 Å². The van der Waals surface area contributed by atoms with Gasteiger partial charge in [0.05, 0.1) is 13.2 Å². The minimum Gasteiger partial charge on any atom is -0.424 e. The smallest absolute Gasteiger partial charge is 0.328 e. The molecule has 0 aliphatic carbocycles. The Morgan fingerprint density at radius 1 is 1.14 bits per heavy atom. The van der Waals surface area contributed by atoms with Crippen molar-refractivity contribution in [3.05, 3.63) is 29.8 Å². The first kappa shape index (κ1) is 13.6. The summed E-state index contributed by atoms with van der Waals surface area (Å²) >= 11 is 0. The highest BCUT2D eigenvalue weighted by Gasteiger charge is 2.16. The average molecular weight is 287 g/mol. The number of hydrogen-bond acceptors (Lipinski definition) is 7. The molecule has 0 spiro atoms. The van der Waals surface area contributed by atoms with E-state index in [9.17, 15) is 0 Å². The van der Waals surface area contributed by atoms with Crippen LogP contribution in [0.4, 0.5) is 11.9 Å². The fourth-order valence-corrected chi connectivity index (χ4v) is 2.08. The van der Waals surface area contributed by atoms with Crippen molar-refractivity contribution >= 4 is 11.9 Å². The van der Waals surface area contributed by atoms with Crippen LogP contribution in [0.15, 0.2) is 24.3 Å². The summed E-state index contributed by atoms with van der Waals surface area (Å²) < 4.78 is 11.0. The van der Waals surface area contributed by atoms with Gasteiger partial charge in [0, 0.05) is 13.1 Å². The summed E-state index contributed by atoms with van der Waals surface area (Å²) in [4.78, 5) is 14.6. The summed E-state index contributed by atoms with van der Waals surface area (Å²) in [7, 11) is 0. The zero-order chi connectivity index (χ0) is 14.7. The first-order valence-electron chi connectivity index (χ1n) is 6.80. The monoisotopic (exact) mass is 287 g/mol. The van der Waals surface area contributed by atoms with E-state index < -0.39 is 0 Å². The number of benzene rings is 1. The predicted molar refractivity (Wildman–Crippen MR) is 78.5 cm³/mol. The van der Waals surface area contributed by atoms with E-state index in [1.807, 2.05) is 36.1 Å². The molecule has 1 saturated heterocycles. The van der Waals surface area contributed by atoms with Crippen molar-refractivity contribution in [2.75, 3.05) is 36.9 Å². The van der Waals surface area contributed by atoms with Gasteiger partial charge in [0.2, 0.25) is 11.9 Å². The molecule has 1 fully saturated rings. The van der Waals surface area contributed by atoms with Crippen molar-refractivity contribution in [2.24, 2.45) is 0 Å². The van der Waals surface area contributed by atoms with Crippen LogP contribution in [0.3, 0.4) is 0 Å². The van der Waals surface area contributed by atoms with Crippen LogP contribution >= 0.6 is 0 Å². The summed E-state index contributed by atoms with van der Waals surface area (Å²) in [6.45, 7) is 4.72. The molecule has 3 rings (SSSR count). The maximum absolute atomic E-state index is 5.76. The Balaban J connectivity index is 1.85. The maximum Gasteiger partial charge on any atom is 0.328 e. The molecule has 0 amide bonds. The third-order valence-electron chi connectivity index (χ3n) is 3.21. The van der Waals surface area contributed by atoms with Crippen molar-refractivity contribution in [1.29, 1.82) is 0 Å². The molecule has 1 aliphatic heterocycles. The predicted octanol–water partition coefficient (Wildman–Crippen LogP) is 1.39. The zero-order valence-corrected chi connectivity index (χ0v) is 11.8. The minimum absolute atomic E-state index is 0.148. The van der Waals surface area contributed by atoms with E-state index in [0.717, 1.165) is 18.7 Å². The van der Waals surface area contributed by atoms with Crippen LogP contribution < -0.4 is 15.4 Å². The van der Waals surface area contributed by atoms with Crippen LogP contribution in [-0.2, 0) is 4.74 Å². The second-order valence-corrected chi connectivity index (χ2v) is 4.74. The van der Waals surface area contributed by atoms with E-state index in [0.29, 0.717) is 24.9 Å². The summed E-state index contributed by atoms with van der Waals surface area (Å²) in [6.07, 6.45) is 0. The lowest BCUT2D eigenvalue weighted by atomic mass is 10.2. The molecule has 2 heterocycles. The van der Waals surface area contributed by atoms with E-state index in [-0.39, 0.29) is 12.0 Å². The Labute approximate surface area is 122 Å². The molecular weight excluding hydrogens is 270 g/mol. The number of ether oxygens (including phenoxy) is 2. The van der Waals surface area contributed by atoms with Gasteiger partial charge in [-0.05, 0) is 18.6 Å². The average Bonchev–Trinajstić information content (AvgIpc) is 2.50. The minimum atomic E-state index is 0.148. The van der Waals surface area contributed by atoms with Crippen molar-refractivity contribution in [3.8, 4) is 11.8 Å². The summed E-state index contributed by atoms with van der Waals surface area (Å²) in [5, 5.41) is 0. The van der Waals surface area contributed by atoms with Crippen LogP contribution in [0.5, 0.6) is 11.8 Å². The standard InChI is InChI=1S/C14H17N5O2/c1-10-4-2-3-5-11(10)21-14-17-12(15)16-13(18-14)19-6-8-20-9-7-19/h2-5H,6-9H2,1H3,(H2,15,16,17,18). The van der Waals surface area contributed by atoms with Gasteiger partial charge >= 0.3 is 6.01 Å². The highest BCUT2D eigenvalue weighted by Crippen LogP contribution is 2.23. The van der Waals surface area contributed by atoms with Gasteiger partial charge in [-0.3, -0.25) is 0 Å². The second-order valence-electron chi connectivity index (χ2n) is 4.74. The lowest BCUT2D eigenvalue weighted by molar-refractivity contribution is 0.122. The van der Waals surface area contributed by atoms with Crippen molar-refractivity contribution in [2.45, 2.75) is 6.92 Å². The molecular formula is C14H17N5O2. The number of nitrogens with two attached hydrogens (primary N) is 1. The van der Waals surface area contributed by atoms with Crippen molar-refractivity contribution in [3.63, 3.8) is 0 Å². The van der Waals surface area contributed by atoms with Crippen LogP contribution in [0.2, 0.25) is 0 Å². The van der Waals surface area contributed by atoms with E-state index in [1.165, 1.54) is 0 Å². The third-order valence-corrected chi connectivity index (χ3v) is 3.21. The summed E-state index contributed by atoms with van der Waals surface area (Å²) in [5.74, 6) is 1.38. The number of para-hydroxylation sites is 1. The Morgan fingerprint density at radius 3 is 2.67 bits per heavy atom. The first-order chi connectivity index (χ1) is 10.2. The van der Waals surface area contributed by atoms with E-state index in [1.54, 1.807) is 0 Å². The third kappa shape index (κ3) is 3.19. The number of nitrogens with zero attached hydrogens (tertiary/aromatic N) is 4. The SMILES string of the molecule is Cc1ccccc1Oc1nc(N)nc(N2CCOCC2)n1. The Morgan fingerprint density at radius 2 is 1.90 bits per heavy atom. The number of morpholine rings is 1. The van der Waals surface area contributed by atoms with Gasteiger partial charge in [0.1, 0.15) is 5.75 Å². The van der Waals surface area contributed by atoms with Gasteiger partial charge in [0.15, 0.2) is 0 Å². The number of aryl methyl sites for hydroxylation is 1. The van der Waals surface area contributed by atoms with E-state index in [4.69, 9.17) is 15.2 Å². The number of rotatable bonds is 3. The highest BCUT2D eigenvalue weighted by molar-refractivity contribution is 5.39. The number of anilines is 2. The Bertz CT molecular complexity index is 629. The molecule has 21 heavy (non-hydrogen) atoms. The number of hydrogen-bond donors (Lipinski definition) is 1. The zero-order valence-electron chi connectivity index (χ0n) is 11.8. The number of nitrogen functional groups attached to an aromatic ring is 1. The van der Waals surface area contributed by atoms with Gasteiger partial charge in [-0.25, -0.2) is 0 Å². The molecule has 0 saturated carbocycles. The van der Waals surface area contributed by atoms with E-state index in [2.05, 4.69) is 15.0 Å². The molecule has 2 N–H and O–H groups in total. The molecule has 2 aromatic rings. The molecule has 1 aliphatic rings. The topological polar surface area (TPSA) is 86.4 Å². The lowest BCUT2D eigenvalue weighted by Gasteiger charge is -2.26. The lowest BCUT2D eigenvalue weighted by Crippen LogP contribution is -2.37. The van der Waals surface area contributed by atoms with Gasteiger partial charge < -0.3 is 20.1 Å². The molecule has 7 heteroatoms. The van der Waals surface area contributed by atoms with Gasteiger partial charge in [-0.1, -0.05) is 18.2 Å².